The van der Waals surface area contributed by atoms with Crippen LogP contribution in [0.1, 0.15) is 39.5 Å². The third-order valence-electron chi connectivity index (χ3n) is 3.60. The van der Waals surface area contributed by atoms with Gasteiger partial charge in [-0.15, -0.1) is 0 Å². The normalized spacial score (nSPS) is 21.8. The highest BCUT2D eigenvalue weighted by Gasteiger charge is 2.29. The molecule has 5 heteroatoms. The van der Waals surface area contributed by atoms with Gasteiger partial charge in [0.05, 0.1) is 6.54 Å². The minimum Gasteiger partial charge on any atom is -0.480 e. The van der Waals surface area contributed by atoms with E-state index in [2.05, 4.69) is 24.1 Å². The molecule has 0 spiro atoms. The minimum atomic E-state index is -0.999. The van der Waals surface area contributed by atoms with Crippen molar-refractivity contribution in [2.45, 2.75) is 45.6 Å². The van der Waals surface area contributed by atoms with Crippen LogP contribution in [0, 0.1) is 5.92 Å². The maximum Gasteiger partial charge on any atom is 0.322 e. The quantitative estimate of drug-likeness (QED) is 0.715. The van der Waals surface area contributed by atoms with E-state index < -0.39 is 5.97 Å². The van der Waals surface area contributed by atoms with E-state index in [9.17, 15) is 9.59 Å². The molecule has 1 aliphatic heterocycles. The molecule has 0 radical (unpaired) electrons. The fourth-order valence-corrected chi connectivity index (χ4v) is 2.75. The molecular formula is C13H24N2O3. The fraction of sp³-hybridized carbons (Fsp3) is 0.846. The summed E-state index contributed by atoms with van der Waals surface area (Å²) < 4.78 is 0. The van der Waals surface area contributed by atoms with Crippen molar-refractivity contribution in [1.82, 2.24) is 10.2 Å². The number of carboxylic acids is 1. The number of nitrogens with one attached hydrogen (secondary N) is 1. The first kappa shape index (κ1) is 15.0. The molecule has 1 saturated heterocycles. The van der Waals surface area contributed by atoms with Crippen molar-refractivity contribution >= 4 is 11.9 Å². The number of nitrogens with zero attached hydrogens (tertiary/aromatic N) is 1. The van der Waals surface area contributed by atoms with Gasteiger partial charge in [0.2, 0.25) is 5.91 Å². The van der Waals surface area contributed by atoms with E-state index in [0.29, 0.717) is 18.5 Å². The molecule has 0 bridgehead atoms. The van der Waals surface area contributed by atoms with Crippen molar-refractivity contribution in [1.29, 1.82) is 0 Å². The maximum atomic E-state index is 11.6. The first-order valence-electron chi connectivity index (χ1n) is 6.77. The molecule has 2 N–H and O–H groups in total. The number of carboxylic acid groups (broad SMARTS) is 1. The van der Waals surface area contributed by atoms with Gasteiger partial charge in [-0.25, -0.2) is 0 Å². The number of hydrogen-bond acceptors (Lipinski definition) is 3. The van der Waals surface area contributed by atoms with Crippen molar-refractivity contribution in [2.24, 2.45) is 5.92 Å². The van der Waals surface area contributed by atoms with Crippen molar-refractivity contribution < 1.29 is 14.7 Å². The van der Waals surface area contributed by atoms with Crippen LogP contribution in [0.25, 0.3) is 0 Å². The third kappa shape index (κ3) is 4.64. The SMILES string of the molecule is CCCC(C)C1CCCN1CC(=O)NCC(=O)O. The summed E-state index contributed by atoms with van der Waals surface area (Å²) in [5.41, 5.74) is 0. The zero-order chi connectivity index (χ0) is 13.5. The molecule has 0 aliphatic carbocycles. The summed E-state index contributed by atoms with van der Waals surface area (Å²) in [4.78, 5) is 24.2. The van der Waals surface area contributed by atoms with Gasteiger partial charge in [0.25, 0.3) is 0 Å². The summed E-state index contributed by atoms with van der Waals surface area (Å²) in [6.07, 6.45) is 4.62. The van der Waals surface area contributed by atoms with E-state index in [4.69, 9.17) is 5.11 Å². The molecule has 104 valence electrons. The second kappa shape index (κ2) is 7.36. The molecule has 1 rings (SSSR count). The lowest BCUT2D eigenvalue weighted by atomic mass is 9.95. The van der Waals surface area contributed by atoms with Gasteiger partial charge in [-0.05, 0) is 31.7 Å². The van der Waals surface area contributed by atoms with E-state index in [1.807, 2.05) is 0 Å². The van der Waals surface area contributed by atoms with Gasteiger partial charge in [0, 0.05) is 6.04 Å². The second-order valence-corrected chi connectivity index (χ2v) is 5.12. The smallest absolute Gasteiger partial charge is 0.322 e. The standard InChI is InChI=1S/C13H24N2O3/c1-3-5-10(2)11-6-4-7-15(11)9-12(16)14-8-13(17)18/h10-11H,3-9H2,1-2H3,(H,14,16)(H,17,18). The predicted octanol–water partition coefficient (Wildman–Crippen LogP) is 1.09. The van der Waals surface area contributed by atoms with Gasteiger partial charge in [-0.2, -0.15) is 0 Å². The Kier molecular flexibility index (Phi) is 6.12. The topological polar surface area (TPSA) is 69.6 Å². The molecule has 2 atom stereocenters. The predicted molar refractivity (Wildman–Crippen MR) is 69.3 cm³/mol. The van der Waals surface area contributed by atoms with Crippen molar-refractivity contribution in [3.63, 3.8) is 0 Å². The number of amides is 1. The first-order chi connectivity index (χ1) is 8.54. The van der Waals surface area contributed by atoms with Crippen LogP contribution in [0.15, 0.2) is 0 Å². The Bertz CT molecular complexity index is 294. The Balaban J connectivity index is 2.39. The second-order valence-electron chi connectivity index (χ2n) is 5.12. The van der Waals surface area contributed by atoms with E-state index in [0.717, 1.165) is 25.8 Å². The van der Waals surface area contributed by atoms with Crippen LogP contribution in [-0.2, 0) is 9.59 Å². The number of carbonyl (C=O) groups excluding carboxylic acids is 1. The summed E-state index contributed by atoms with van der Waals surface area (Å²) in [5.74, 6) is -0.585. The maximum absolute atomic E-state index is 11.6. The molecule has 18 heavy (non-hydrogen) atoms. The molecule has 1 fully saturated rings. The number of carbonyl (C=O) groups is 2. The van der Waals surface area contributed by atoms with Crippen LogP contribution in [0.4, 0.5) is 0 Å². The van der Waals surface area contributed by atoms with E-state index in [1.165, 1.54) is 6.42 Å². The van der Waals surface area contributed by atoms with Crippen molar-refractivity contribution in [3.05, 3.63) is 0 Å². The summed E-state index contributed by atoms with van der Waals surface area (Å²) in [5, 5.41) is 10.9. The molecule has 0 aromatic heterocycles. The molecule has 0 aromatic rings. The Hall–Kier alpha value is -1.10. The molecule has 2 unspecified atom stereocenters. The van der Waals surface area contributed by atoms with Gasteiger partial charge >= 0.3 is 5.97 Å². The molecule has 0 aromatic carbocycles. The fourth-order valence-electron chi connectivity index (χ4n) is 2.75. The van der Waals surface area contributed by atoms with Gasteiger partial charge in [-0.3, -0.25) is 14.5 Å². The van der Waals surface area contributed by atoms with E-state index in [-0.39, 0.29) is 12.5 Å². The molecular weight excluding hydrogens is 232 g/mol. The Morgan fingerprint density at radius 2 is 2.22 bits per heavy atom. The molecule has 1 aliphatic rings. The summed E-state index contributed by atoms with van der Waals surface area (Å²) in [6.45, 7) is 5.39. The minimum absolute atomic E-state index is 0.187. The van der Waals surface area contributed by atoms with E-state index >= 15 is 0 Å². The zero-order valence-electron chi connectivity index (χ0n) is 11.3. The molecule has 0 saturated carbocycles. The van der Waals surface area contributed by atoms with Crippen molar-refractivity contribution in [2.75, 3.05) is 19.6 Å². The van der Waals surface area contributed by atoms with Gasteiger partial charge in [0.1, 0.15) is 6.54 Å². The number of aliphatic carboxylic acids is 1. The largest absolute Gasteiger partial charge is 0.480 e. The highest BCUT2D eigenvalue weighted by atomic mass is 16.4. The van der Waals surface area contributed by atoms with Crippen LogP contribution in [0.3, 0.4) is 0 Å². The van der Waals surface area contributed by atoms with Gasteiger partial charge < -0.3 is 10.4 Å². The highest BCUT2D eigenvalue weighted by molar-refractivity contribution is 5.82. The molecule has 5 nitrogen and oxygen atoms in total. The third-order valence-corrected chi connectivity index (χ3v) is 3.60. The lowest BCUT2D eigenvalue weighted by Gasteiger charge is -2.28. The monoisotopic (exact) mass is 256 g/mol. The average molecular weight is 256 g/mol. The highest BCUT2D eigenvalue weighted by Crippen LogP contribution is 2.26. The van der Waals surface area contributed by atoms with Gasteiger partial charge in [0.15, 0.2) is 0 Å². The molecule has 1 amide bonds. The Labute approximate surface area is 109 Å². The zero-order valence-corrected chi connectivity index (χ0v) is 11.3. The van der Waals surface area contributed by atoms with Crippen LogP contribution in [-0.4, -0.2) is 47.6 Å². The summed E-state index contributed by atoms with van der Waals surface area (Å²) >= 11 is 0. The Morgan fingerprint density at radius 1 is 1.50 bits per heavy atom. The Morgan fingerprint density at radius 3 is 2.83 bits per heavy atom. The molecule has 1 heterocycles. The van der Waals surface area contributed by atoms with E-state index in [1.54, 1.807) is 0 Å². The van der Waals surface area contributed by atoms with Crippen LogP contribution in [0.2, 0.25) is 0 Å². The number of likely N-dealkylation sites (tertiary alicyclic amines) is 1. The van der Waals surface area contributed by atoms with Crippen LogP contribution >= 0.6 is 0 Å². The van der Waals surface area contributed by atoms with Crippen molar-refractivity contribution in [3.8, 4) is 0 Å². The first-order valence-corrected chi connectivity index (χ1v) is 6.77. The number of hydrogen-bond donors (Lipinski definition) is 2. The van der Waals surface area contributed by atoms with Gasteiger partial charge in [-0.1, -0.05) is 20.3 Å². The lowest BCUT2D eigenvalue weighted by Crippen LogP contribution is -2.43. The summed E-state index contributed by atoms with van der Waals surface area (Å²) in [7, 11) is 0. The number of rotatable bonds is 7. The lowest BCUT2D eigenvalue weighted by molar-refractivity contribution is -0.138. The average Bonchev–Trinajstić information content (AvgIpc) is 2.75. The van der Waals surface area contributed by atoms with Crippen LogP contribution in [0.5, 0.6) is 0 Å². The summed E-state index contributed by atoms with van der Waals surface area (Å²) in [6, 6.07) is 0.473. The van der Waals surface area contributed by atoms with Crippen LogP contribution < -0.4 is 5.32 Å².